The molecular formula is C12H23N3O3. The highest BCUT2D eigenvalue weighted by Crippen LogP contribution is 2.18. The van der Waals surface area contributed by atoms with Gasteiger partial charge in [-0.25, -0.2) is 4.79 Å². The maximum absolute atomic E-state index is 11.6. The number of likely N-dealkylation sites (tertiary alicyclic amines) is 1. The summed E-state index contributed by atoms with van der Waals surface area (Å²) in [5.41, 5.74) is 0. The second kappa shape index (κ2) is 6.36. The van der Waals surface area contributed by atoms with Crippen molar-refractivity contribution in [1.29, 1.82) is 0 Å². The number of piperazine rings is 1. The summed E-state index contributed by atoms with van der Waals surface area (Å²) in [5, 5.41) is 0. The van der Waals surface area contributed by atoms with Crippen molar-refractivity contribution in [3.8, 4) is 0 Å². The highest BCUT2D eigenvalue weighted by atomic mass is 17.2. The van der Waals surface area contributed by atoms with Gasteiger partial charge in [-0.05, 0) is 19.9 Å². The standard InChI is InChI=1S/C12H23N3O3/c1-13-6-8-14(9-7-13)11-4-3-5-15(10-11)12(16)18-17-2/h11H,3-10H2,1-2H3. The van der Waals surface area contributed by atoms with E-state index >= 15 is 0 Å². The zero-order chi connectivity index (χ0) is 13.0. The van der Waals surface area contributed by atoms with E-state index in [1.807, 2.05) is 0 Å². The van der Waals surface area contributed by atoms with Gasteiger partial charge in [-0.2, -0.15) is 4.89 Å². The molecule has 0 aromatic carbocycles. The first-order valence-electron chi connectivity index (χ1n) is 6.63. The molecular weight excluding hydrogens is 234 g/mol. The first-order valence-corrected chi connectivity index (χ1v) is 6.63. The molecule has 0 saturated carbocycles. The quantitative estimate of drug-likeness (QED) is 0.529. The van der Waals surface area contributed by atoms with Crippen molar-refractivity contribution < 1.29 is 14.6 Å². The molecule has 2 heterocycles. The van der Waals surface area contributed by atoms with E-state index in [-0.39, 0.29) is 6.09 Å². The predicted octanol–water partition coefficient (Wildman–Crippen LogP) is 0.396. The van der Waals surface area contributed by atoms with Gasteiger partial charge >= 0.3 is 6.09 Å². The largest absolute Gasteiger partial charge is 0.441 e. The summed E-state index contributed by atoms with van der Waals surface area (Å²) < 4.78 is 0. The average Bonchev–Trinajstić information content (AvgIpc) is 2.40. The van der Waals surface area contributed by atoms with Gasteiger partial charge < -0.3 is 9.80 Å². The van der Waals surface area contributed by atoms with E-state index < -0.39 is 0 Å². The predicted molar refractivity (Wildman–Crippen MR) is 67.2 cm³/mol. The normalized spacial score (nSPS) is 27.2. The lowest BCUT2D eigenvalue weighted by Crippen LogP contribution is -2.55. The zero-order valence-corrected chi connectivity index (χ0v) is 11.3. The summed E-state index contributed by atoms with van der Waals surface area (Å²) >= 11 is 0. The molecule has 2 fully saturated rings. The van der Waals surface area contributed by atoms with Crippen molar-refractivity contribution in [3.05, 3.63) is 0 Å². The molecule has 0 aromatic heterocycles. The van der Waals surface area contributed by atoms with E-state index in [1.165, 1.54) is 13.5 Å². The van der Waals surface area contributed by atoms with Crippen molar-refractivity contribution >= 4 is 6.09 Å². The smallest absolute Gasteiger partial charge is 0.304 e. The third-order valence-electron chi connectivity index (χ3n) is 3.86. The number of carbonyl (C=O) groups is 1. The Bertz CT molecular complexity index is 280. The van der Waals surface area contributed by atoms with Gasteiger partial charge in [0.05, 0.1) is 7.11 Å². The number of rotatable bonds is 2. The average molecular weight is 257 g/mol. The third kappa shape index (κ3) is 3.34. The topological polar surface area (TPSA) is 45.3 Å². The molecule has 1 atom stereocenters. The summed E-state index contributed by atoms with van der Waals surface area (Å²) in [6, 6.07) is 0.469. The van der Waals surface area contributed by atoms with Crippen LogP contribution in [-0.2, 0) is 9.78 Å². The SMILES string of the molecule is COOC(=O)N1CCCC(N2CCN(C)CC2)C1. The van der Waals surface area contributed by atoms with Crippen LogP contribution in [0.15, 0.2) is 0 Å². The summed E-state index contributed by atoms with van der Waals surface area (Å²) in [5.74, 6) is 0. The van der Waals surface area contributed by atoms with Gasteiger partial charge in [-0.1, -0.05) is 0 Å². The summed E-state index contributed by atoms with van der Waals surface area (Å²) in [6.07, 6.45) is 1.84. The number of piperidine rings is 1. The summed E-state index contributed by atoms with van der Waals surface area (Å²) in [6.45, 7) is 5.93. The lowest BCUT2D eigenvalue weighted by molar-refractivity contribution is -0.222. The minimum atomic E-state index is -0.365. The van der Waals surface area contributed by atoms with Crippen LogP contribution in [0.25, 0.3) is 0 Å². The Hall–Kier alpha value is -0.850. The Morgan fingerprint density at radius 3 is 2.56 bits per heavy atom. The zero-order valence-electron chi connectivity index (χ0n) is 11.3. The maximum atomic E-state index is 11.6. The van der Waals surface area contributed by atoms with E-state index in [2.05, 4.69) is 26.6 Å². The number of amides is 1. The number of carbonyl (C=O) groups excluding carboxylic acids is 1. The molecule has 2 aliphatic rings. The highest BCUT2D eigenvalue weighted by molar-refractivity contribution is 5.67. The minimum Gasteiger partial charge on any atom is -0.304 e. The van der Waals surface area contributed by atoms with Gasteiger partial charge in [-0.3, -0.25) is 9.79 Å². The molecule has 0 aliphatic carbocycles. The molecule has 2 rings (SSSR count). The molecule has 18 heavy (non-hydrogen) atoms. The van der Waals surface area contributed by atoms with Crippen molar-refractivity contribution in [1.82, 2.24) is 14.7 Å². The molecule has 0 radical (unpaired) electrons. The lowest BCUT2D eigenvalue weighted by atomic mass is 10.0. The molecule has 6 heteroatoms. The molecule has 0 bridgehead atoms. The van der Waals surface area contributed by atoms with Crippen LogP contribution in [0.5, 0.6) is 0 Å². The van der Waals surface area contributed by atoms with Crippen molar-refractivity contribution in [2.45, 2.75) is 18.9 Å². The second-order valence-electron chi connectivity index (χ2n) is 5.10. The van der Waals surface area contributed by atoms with E-state index in [0.29, 0.717) is 6.04 Å². The third-order valence-corrected chi connectivity index (χ3v) is 3.86. The molecule has 104 valence electrons. The number of nitrogens with zero attached hydrogens (tertiary/aromatic N) is 3. The summed E-state index contributed by atoms with van der Waals surface area (Å²) in [4.78, 5) is 27.2. The Morgan fingerprint density at radius 1 is 1.17 bits per heavy atom. The minimum absolute atomic E-state index is 0.365. The van der Waals surface area contributed by atoms with Gasteiger partial charge in [0.25, 0.3) is 0 Å². The molecule has 0 N–H and O–H groups in total. The van der Waals surface area contributed by atoms with E-state index in [0.717, 1.165) is 45.7 Å². The van der Waals surface area contributed by atoms with Crippen LogP contribution in [0.1, 0.15) is 12.8 Å². The number of hydrogen-bond donors (Lipinski definition) is 0. The second-order valence-corrected chi connectivity index (χ2v) is 5.10. The van der Waals surface area contributed by atoms with Gasteiger partial charge in [0.15, 0.2) is 0 Å². The van der Waals surface area contributed by atoms with Crippen LogP contribution < -0.4 is 0 Å². The molecule has 2 saturated heterocycles. The van der Waals surface area contributed by atoms with Crippen molar-refractivity contribution in [2.24, 2.45) is 0 Å². The molecule has 0 aromatic rings. The Morgan fingerprint density at radius 2 is 1.89 bits per heavy atom. The Kier molecular flexibility index (Phi) is 4.79. The summed E-state index contributed by atoms with van der Waals surface area (Å²) in [7, 11) is 3.51. The van der Waals surface area contributed by atoms with Crippen LogP contribution in [0.3, 0.4) is 0 Å². The highest BCUT2D eigenvalue weighted by Gasteiger charge is 2.30. The fourth-order valence-corrected chi connectivity index (χ4v) is 2.73. The van der Waals surface area contributed by atoms with Gasteiger partial charge in [0.1, 0.15) is 0 Å². The van der Waals surface area contributed by atoms with Crippen LogP contribution >= 0.6 is 0 Å². The number of likely N-dealkylation sites (N-methyl/N-ethyl adjacent to an activating group) is 1. The molecule has 0 spiro atoms. The lowest BCUT2D eigenvalue weighted by Gasteiger charge is -2.42. The van der Waals surface area contributed by atoms with E-state index in [9.17, 15) is 4.79 Å². The Labute approximate surface area is 108 Å². The van der Waals surface area contributed by atoms with Crippen molar-refractivity contribution in [3.63, 3.8) is 0 Å². The monoisotopic (exact) mass is 257 g/mol. The first-order chi connectivity index (χ1) is 8.70. The van der Waals surface area contributed by atoms with Crippen LogP contribution in [-0.4, -0.2) is 80.3 Å². The van der Waals surface area contributed by atoms with Crippen molar-refractivity contribution in [2.75, 3.05) is 53.4 Å². The van der Waals surface area contributed by atoms with Gasteiger partial charge in [-0.15, -0.1) is 0 Å². The molecule has 1 unspecified atom stereocenters. The van der Waals surface area contributed by atoms with Crippen LogP contribution in [0.2, 0.25) is 0 Å². The van der Waals surface area contributed by atoms with Crippen LogP contribution in [0, 0.1) is 0 Å². The molecule has 6 nitrogen and oxygen atoms in total. The van der Waals surface area contributed by atoms with E-state index in [4.69, 9.17) is 0 Å². The van der Waals surface area contributed by atoms with Gasteiger partial charge in [0, 0.05) is 45.3 Å². The Balaban J connectivity index is 1.84. The van der Waals surface area contributed by atoms with Crippen LogP contribution in [0.4, 0.5) is 4.79 Å². The van der Waals surface area contributed by atoms with Gasteiger partial charge in [0.2, 0.25) is 0 Å². The fraction of sp³-hybridized carbons (Fsp3) is 0.917. The maximum Gasteiger partial charge on any atom is 0.441 e. The fourth-order valence-electron chi connectivity index (χ4n) is 2.73. The first kappa shape index (κ1) is 13.6. The number of hydrogen-bond acceptors (Lipinski definition) is 5. The molecule has 2 aliphatic heterocycles. The molecule has 1 amide bonds. The van der Waals surface area contributed by atoms with E-state index in [1.54, 1.807) is 4.90 Å².